The average molecular weight is 469 g/mol. The van der Waals surface area contributed by atoms with Crippen LogP contribution in [0.4, 0.5) is 11.4 Å². The molecule has 14 heteroatoms. The predicted octanol–water partition coefficient (Wildman–Crippen LogP) is 1.97. The Balaban J connectivity index is 2.23. The van der Waals surface area contributed by atoms with Crippen LogP contribution in [0.2, 0.25) is 0 Å². The zero-order valence-electron chi connectivity index (χ0n) is 14.5. The van der Waals surface area contributed by atoms with Gasteiger partial charge in [-0.1, -0.05) is 18.2 Å². The number of fused-ring (bicyclic) bond motifs is 1. The molecule has 11 nitrogen and oxygen atoms in total. The third-order valence-electron chi connectivity index (χ3n) is 3.85. The molecule has 0 aliphatic heterocycles. The maximum atomic E-state index is 11.6. The Hall–Kier alpha value is -2.75. The van der Waals surface area contributed by atoms with Gasteiger partial charge in [-0.3, -0.25) is 0 Å². The molecule has 0 amide bonds. The molecule has 0 heterocycles. The second-order valence-corrected chi connectivity index (χ2v) is 9.93. The first-order valence-electron chi connectivity index (χ1n) is 7.73. The third-order valence-corrected chi connectivity index (χ3v) is 6.43. The van der Waals surface area contributed by atoms with Crippen LogP contribution in [0.5, 0.6) is 0 Å². The summed E-state index contributed by atoms with van der Waals surface area (Å²) in [5.74, 6) is 0. The van der Waals surface area contributed by atoms with Gasteiger partial charge in [-0.15, -0.1) is 10.2 Å². The lowest BCUT2D eigenvalue weighted by molar-refractivity contribution is 0.460. The predicted molar refractivity (Wildman–Crippen MR) is 98.5 cm³/mol. The zero-order valence-corrected chi connectivity index (χ0v) is 16.9. The summed E-state index contributed by atoms with van der Waals surface area (Å²) in [6, 6.07) is 9.73. The van der Waals surface area contributed by atoms with Gasteiger partial charge in [0.1, 0.15) is 41.7 Å². The molecule has 0 atom stereocenters. The van der Waals surface area contributed by atoms with Crippen molar-refractivity contribution in [2.45, 2.75) is 14.7 Å². The Morgan fingerprint density at radius 1 is 0.567 bits per heavy atom. The lowest BCUT2D eigenvalue weighted by Crippen LogP contribution is -2.01. The molecule has 3 aromatic carbocycles. The molecule has 0 aromatic heterocycles. The van der Waals surface area contributed by atoms with Gasteiger partial charge < -0.3 is 13.7 Å². The summed E-state index contributed by atoms with van der Waals surface area (Å²) in [6.45, 7) is 0. The topological polar surface area (TPSA) is 196 Å². The van der Waals surface area contributed by atoms with Crippen molar-refractivity contribution < 1.29 is 38.9 Å². The van der Waals surface area contributed by atoms with Crippen LogP contribution in [0.1, 0.15) is 0 Å². The molecule has 3 rings (SSSR count). The SMILES string of the molecule is O=S(=O)([O-])c1ccc2cc(N=Nc3ccccc3S(=O)(=O)[O-])c(S(=O)(=O)[O-])cc2c1. The highest BCUT2D eigenvalue weighted by atomic mass is 32.2. The smallest absolute Gasteiger partial charge is 0.126 e. The summed E-state index contributed by atoms with van der Waals surface area (Å²) in [6.07, 6.45) is 0. The molecule has 0 aliphatic rings. The highest BCUT2D eigenvalue weighted by molar-refractivity contribution is 7.86. The maximum absolute atomic E-state index is 11.6. The van der Waals surface area contributed by atoms with E-state index in [0.717, 1.165) is 36.4 Å². The first kappa shape index (κ1) is 21.9. The van der Waals surface area contributed by atoms with Crippen molar-refractivity contribution in [3.8, 4) is 0 Å². The molecule has 0 fully saturated rings. The first-order valence-corrected chi connectivity index (χ1v) is 12.0. The van der Waals surface area contributed by atoms with Crippen LogP contribution in [-0.2, 0) is 30.4 Å². The van der Waals surface area contributed by atoms with Crippen LogP contribution in [0.25, 0.3) is 10.8 Å². The molecule has 0 bridgehead atoms. The number of rotatable bonds is 5. The van der Waals surface area contributed by atoms with Crippen molar-refractivity contribution in [3.63, 3.8) is 0 Å². The second-order valence-electron chi connectivity index (χ2n) is 5.86. The van der Waals surface area contributed by atoms with Gasteiger partial charge in [0, 0.05) is 0 Å². The minimum absolute atomic E-state index is 0.0390. The van der Waals surface area contributed by atoms with Gasteiger partial charge in [0.25, 0.3) is 0 Å². The molecule has 0 aliphatic carbocycles. The molecular formula is C16H9N2O9S3-3. The largest absolute Gasteiger partial charge is 0.744 e. The molecule has 0 N–H and O–H groups in total. The minimum atomic E-state index is -5.13. The molecule has 158 valence electrons. The summed E-state index contributed by atoms with van der Waals surface area (Å²) in [5.41, 5.74) is -0.858. The van der Waals surface area contributed by atoms with E-state index in [2.05, 4.69) is 10.2 Å². The summed E-state index contributed by atoms with van der Waals surface area (Å²) in [5, 5.41) is 7.36. The lowest BCUT2D eigenvalue weighted by atomic mass is 10.1. The number of nitrogens with zero attached hydrogens (tertiary/aromatic N) is 2. The molecule has 0 saturated carbocycles. The van der Waals surface area contributed by atoms with Gasteiger partial charge in [-0.25, -0.2) is 25.3 Å². The zero-order chi connectivity index (χ0) is 22.3. The highest BCUT2D eigenvalue weighted by Gasteiger charge is 2.14. The molecule has 0 unspecified atom stereocenters. The first-order chi connectivity index (χ1) is 13.8. The van der Waals surface area contributed by atoms with Gasteiger partial charge >= 0.3 is 0 Å². The summed E-state index contributed by atoms with van der Waals surface area (Å²) in [4.78, 5) is -2.22. The Bertz CT molecular complexity index is 1510. The van der Waals surface area contributed by atoms with E-state index < -0.39 is 50.7 Å². The monoisotopic (exact) mass is 469 g/mol. The minimum Gasteiger partial charge on any atom is -0.744 e. The number of hydrogen-bond acceptors (Lipinski definition) is 11. The molecule has 3 aromatic rings. The van der Waals surface area contributed by atoms with Crippen LogP contribution in [0, 0.1) is 0 Å². The van der Waals surface area contributed by atoms with Crippen molar-refractivity contribution in [3.05, 3.63) is 54.6 Å². The Kier molecular flexibility index (Phi) is 5.48. The normalized spacial score (nSPS) is 13.2. The van der Waals surface area contributed by atoms with E-state index in [4.69, 9.17) is 0 Å². The average Bonchev–Trinajstić information content (AvgIpc) is 2.63. The van der Waals surface area contributed by atoms with Crippen molar-refractivity contribution in [1.29, 1.82) is 0 Å². The van der Waals surface area contributed by atoms with Crippen molar-refractivity contribution in [2.24, 2.45) is 10.2 Å². The molecule has 30 heavy (non-hydrogen) atoms. The van der Waals surface area contributed by atoms with Gasteiger partial charge in [0.15, 0.2) is 0 Å². The highest BCUT2D eigenvalue weighted by Crippen LogP contribution is 2.33. The van der Waals surface area contributed by atoms with Crippen LogP contribution < -0.4 is 0 Å². The van der Waals surface area contributed by atoms with Crippen molar-refractivity contribution in [1.82, 2.24) is 0 Å². The van der Waals surface area contributed by atoms with Crippen molar-refractivity contribution >= 4 is 52.5 Å². The van der Waals surface area contributed by atoms with Gasteiger partial charge in [0.05, 0.1) is 14.7 Å². The van der Waals surface area contributed by atoms with E-state index in [1.165, 1.54) is 18.2 Å². The standard InChI is InChI=1S/C16H12N2O9S3/c19-28(20,21)12-6-5-10-8-14(16(30(25,26)27)9-11(10)7-12)18-17-13-3-1-2-4-15(13)29(22,23)24/h1-9H,(H,19,20,21)(H,22,23,24)(H,25,26,27)/p-3. The van der Waals surface area contributed by atoms with E-state index in [1.807, 2.05) is 0 Å². The molecule has 0 spiro atoms. The Morgan fingerprint density at radius 2 is 1.17 bits per heavy atom. The summed E-state index contributed by atoms with van der Waals surface area (Å²) in [7, 11) is -14.9. The molecule has 0 radical (unpaired) electrons. The maximum Gasteiger partial charge on any atom is 0.126 e. The van der Waals surface area contributed by atoms with Crippen LogP contribution >= 0.6 is 0 Å². The van der Waals surface area contributed by atoms with Gasteiger partial charge in [-0.2, -0.15) is 0 Å². The Labute approximate surface area is 171 Å². The molecular weight excluding hydrogens is 460 g/mol. The van der Waals surface area contributed by atoms with E-state index in [-0.39, 0.29) is 16.5 Å². The summed E-state index contributed by atoms with van der Waals surface area (Å²) < 4.78 is 102. The molecule has 0 saturated heterocycles. The lowest BCUT2D eigenvalue weighted by Gasteiger charge is -2.13. The number of hydrogen-bond donors (Lipinski definition) is 0. The van der Waals surface area contributed by atoms with Crippen LogP contribution in [0.15, 0.2) is 79.5 Å². The van der Waals surface area contributed by atoms with E-state index >= 15 is 0 Å². The Morgan fingerprint density at radius 3 is 1.77 bits per heavy atom. The van der Waals surface area contributed by atoms with E-state index in [9.17, 15) is 38.9 Å². The van der Waals surface area contributed by atoms with Gasteiger partial charge in [-0.05, 0) is 47.2 Å². The van der Waals surface area contributed by atoms with Gasteiger partial charge in [0.2, 0.25) is 0 Å². The van der Waals surface area contributed by atoms with Crippen molar-refractivity contribution in [2.75, 3.05) is 0 Å². The van der Waals surface area contributed by atoms with Crippen LogP contribution in [-0.4, -0.2) is 38.9 Å². The summed E-state index contributed by atoms with van der Waals surface area (Å²) >= 11 is 0. The fraction of sp³-hybridized carbons (Fsp3) is 0. The quantitative estimate of drug-likeness (QED) is 0.396. The fourth-order valence-corrected chi connectivity index (χ4v) is 4.28. The number of azo groups is 1. The van der Waals surface area contributed by atoms with E-state index in [0.29, 0.717) is 0 Å². The van der Waals surface area contributed by atoms with E-state index in [1.54, 1.807) is 0 Å². The van der Waals surface area contributed by atoms with Crippen LogP contribution in [0.3, 0.4) is 0 Å². The third kappa shape index (κ3) is 4.69. The number of benzene rings is 3. The second kappa shape index (κ2) is 7.50. The fourth-order valence-electron chi connectivity index (χ4n) is 2.54.